The Bertz CT molecular complexity index is 384. The zero-order valence-corrected chi connectivity index (χ0v) is 12.6. The van der Waals surface area contributed by atoms with E-state index < -0.39 is 11.1 Å². The first-order chi connectivity index (χ1) is 8.83. The van der Waals surface area contributed by atoms with Crippen molar-refractivity contribution in [1.29, 1.82) is 0 Å². The zero-order chi connectivity index (χ0) is 14.3. The zero-order valence-electron chi connectivity index (χ0n) is 12.6. The van der Waals surface area contributed by atoms with Gasteiger partial charge in [-0.15, -0.1) is 0 Å². The van der Waals surface area contributed by atoms with Crippen LogP contribution in [0, 0.1) is 5.92 Å². The Labute approximate surface area is 115 Å². The average molecular weight is 266 g/mol. The summed E-state index contributed by atoms with van der Waals surface area (Å²) in [6.07, 6.45) is 4.68. The second-order valence-electron chi connectivity index (χ2n) is 6.73. The molecule has 2 rings (SSSR count). The van der Waals surface area contributed by atoms with Crippen molar-refractivity contribution in [2.45, 2.75) is 70.9 Å². The number of hydrogen-bond acceptors (Lipinski definition) is 2. The van der Waals surface area contributed by atoms with Gasteiger partial charge >= 0.3 is 0 Å². The van der Waals surface area contributed by atoms with Crippen molar-refractivity contribution in [1.82, 2.24) is 10.2 Å². The summed E-state index contributed by atoms with van der Waals surface area (Å²) in [4.78, 5) is 27.1. The van der Waals surface area contributed by atoms with Crippen LogP contribution >= 0.6 is 0 Å². The molecule has 4 heteroatoms. The molecule has 19 heavy (non-hydrogen) atoms. The van der Waals surface area contributed by atoms with E-state index in [2.05, 4.69) is 19.2 Å². The number of rotatable bonds is 3. The molecule has 0 radical (unpaired) electrons. The van der Waals surface area contributed by atoms with E-state index in [1.807, 2.05) is 18.7 Å². The van der Waals surface area contributed by atoms with Gasteiger partial charge in [-0.1, -0.05) is 33.1 Å². The first-order valence-electron chi connectivity index (χ1n) is 7.48. The van der Waals surface area contributed by atoms with Gasteiger partial charge < -0.3 is 10.2 Å². The molecule has 1 atom stereocenters. The molecular weight excluding hydrogens is 240 g/mol. The highest BCUT2D eigenvalue weighted by Gasteiger charge is 2.55. The van der Waals surface area contributed by atoms with Crippen LogP contribution in [0.15, 0.2) is 0 Å². The van der Waals surface area contributed by atoms with E-state index >= 15 is 0 Å². The molecule has 4 nitrogen and oxygen atoms in total. The fourth-order valence-electron chi connectivity index (χ4n) is 3.13. The summed E-state index contributed by atoms with van der Waals surface area (Å²) < 4.78 is 0. The van der Waals surface area contributed by atoms with Crippen molar-refractivity contribution >= 4 is 11.8 Å². The SMILES string of the molecule is CCC(C)CN1C(=O)C2(CCCC2)NC(=O)C1(C)C. The third-order valence-corrected chi connectivity index (χ3v) is 4.89. The second-order valence-corrected chi connectivity index (χ2v) is 6.73. The summed E-state index contributed by atoms with van der Waals surface area (Å²) in [5.41, 5.74) is -1.32. The van der Waals surface area contributed by atoms with Crippen molar-refractivity contribution in [3.8, 4) is 0 Å². The molecule has 0 aromatic rings. The lowest BCUT2D eigenvalue weighted by Gasteiger charge is -2.49. The molecule has 0 aromatic heterocycles. The van der Waals surface area contributed by atoms with Crippen molar-refractivity contribution in [2.75, 3.05) is 6.54 Å². The Balaban J connectivity index is 2.29. The molecule has 1 aliphatic carbocycles. The molecule has 108 valence electrons. The standard InChI is InChI=1S/C15H26N2O2/c1-5-11(2)10-17-13(19)15(8-6-7-9-15)16-12(18)14(17,3)4/h11H,5-10H2,1-4H3,(H,16,18). The van der Waals surface area contributed by atoms with Gasteiger partial charge in [0.15, 0.2) is 0 Å². The Morgan fingerprint density at radius 2 is 1.84 bits per heavy atom. The second kappa shape index (κ2) is 4.80. The summed E-state index contributed by atoms with van der Waals surface area (Å²) in [6, 6.07) is 0. The molecule has 1 aliphatic heterocycles. The number of amides is 2. The molecule has 2 fully saturated rings. The van der Waals surface area contributed by atoms with Crippen molar-refractivity contribution in [2.24, 2.45) is 5.92 Å². The van der Waals surface area contributed by atoms with Gasteiger partial charge in [-0.05, 0) is 32.6 Å². The van der Waals surface area contributed by atoms with Crippen molar-refractivity contribution in [3.05, 3.63) is 0 Å². The van der Waals surface area contributed by atoms with E-state index in [1.165, 1.54) is 0 Å². The monoisotopic (exact) mass is 266 g/mol. The molecule has 2 amide bonds. The highest BCUT2D eigenvalue weighted by Crippen LogP contribution is 2.37. The molecule has 2 aliphatic rings. The van der Waals surface area contributed by atoms with Crippen LogP contribution in [0.5, 0.6) is 0 Å². The fourth-order valence-corrected chi connectivity index (χ4v) is 3.13. The highest BCUT2D eigenvalue weighted by molar-refractivity contribution is 6.02. The average Bonchev–Trinajstić information content (AvgIpc) is 2.82. The van der Waals surface area contributed by atoms with Crippen LogP contribution in [-0.2, 0) is 9.59 Å². The predicted octanol–water partition coefficient (Wildman–Crippen LogP) is 2.08. The quantitative estimate of drug-likeness (QED) is 0.850. The largest absolute Gasteiger partial charge is 0.340 e. The van der Waals surface area contributed by atoms with Gasteiger partial charge in [0.1, 0.15) is 11.1 Å². The number of nitrogens with one attached hydrogen (secondary N) is 1. The summed E-state index contributed by atoms with van der Waals surface area (Å²) in [6.45, 7) is 8.64. The molecule has 1 N–H and O–H groups in total. The number of carbonyl (C=O) groups excluding carboxylic acids is 2. The van der Waals surface area contributed by atoms with Crippen LogP contribution in [0.4, 0.5) is 0 Å². The molecule has 1 saturated carbocycles. The van der Waals surface area contributed by atoms with Crippen molar-refractivity contribution in [3.63, 3.8) is 0 Å². The maximum Gasteiger partial charge on any atom is 0.249 e. The summed E-state index contributed by atoms with van der Waals surface area (Å²) in [5.74, 6) is 0.555. The molecule has 0 bridgehead atoms. The lowest BCUT2D eigenvalue weighted by atomic mass is 9.85. The smallest absolute Gasteiger partial charge is 0.249 e. The molecule has 1 saturated heterocycles. The third kappa shape index (κ3) is 2.26. The lowest BCUT2D eigenvalue weighted by molar-refractivity contribution is -0.161. The van der Waals surface area contributed by atoms with Crippen LogP contribution in [0.25, 0.3) is 0 Å². The van der Waals surface area contributed by atoms with Gasteiger partial charge in [-0.2, -0.15) is 0 Å². The lowest BCUT2D eigenvalue weighted by Crippen LogP contribution is -2.73. The van der Waals surface area contributed by atoms with Gasteiger partial charge in [0.2, 0.25) is 11.8 Å². The Morgan fingerprint density at radius 3 is 2.37 bits per heavy atom. The summed E-state index contributed by atoms with van der Waals surface area (Å²) >= 11 is 0. The van der Waals surface area contributed by atoms with E-state index in [1.54, 1.807) is 0 Å². The number of carbonyl (C=O) groups is 2. The topological polar surface area (TPSA) is 49.4 Å². The Kier molecular flexibility index (Phi) is 3.63. The van der Waals surface area contributed by atoms with Gasteiger partial charge in [0.05, 0.1) is 0 Å². The summed E-state index contributed by atoms with van der Waals surface area (Å²) in [5, 5.41) is 3.02. The van der Waals surface area contributed by atoms with E-state index in [0.29, 0.717) is 12.5 Å². The van der Waals surface area contributed by atoms with Gasteiger partial charge in [-0.3, -0.25) is 9.59 Å². The van der Waals surface area contributed by atoms with E-state index in [0.717, 1.165) is 32.1 Å². The Morgan fingerprint density at radius 1 is 1.26 bits per heavy atom. The molecule has 0 aromatic carbocycles. The maximum atomic E-state index is 12.9. The minimum atomic E-state index is -0.728. The number of hydrogen-bond donors (Lipinski definition) is 1. The fraction of sp³-hybridized carbons (Fsp3) is 0.867. The molecular formula is C15H26N2O2. The van der Waals surface area contributed by atoms with Gasteiger partial charge in [0, 0.05) is 6.54 Å². The van der Waals surface area contributed by atoms with E-state index in [4.69, 9.17) is 0 Å². The predicted molar refractivity (Wildman–Crippen MR) is 74.6 cm³/mol. The molecule has 1 spiro atoms. The van der Waals surface area contributed by atoms with E-state index in [-0.39, 0.29) is 11.8 Å². The normalized spacial score (nSPS) is 26.6. The van der Waals surface area contributed by atoms with Crippen LogP contribution < -0.4 is 5.32 Å². The highest BCUT2D eigenvalue weighted by atomic mass is 16.2. The first-order valence-corrected chi connectivity index (χ1v) is 7.48. The van der Waals surface area contributed by atoms with Crippen LogP contribution in [-0.4, -0.2) is 34.3 Å². The third-order valence-electron chi connectivity index (χ3n) is 4.89. The number of nitrogens with zero attached hydrogens (tertiary/aromatic N) is 1. The number of piperazine rings is 1. The van der Waals surface area contributed by atoms with E-state index in [9.17, 15) is 9.59 Å². The van der Waals surface area contributed by atoms with Crippen LogP contribution in [0.1, 0.15) is 59.8 Å². The van der Waals surface area contributed by atoms with Gasteiger partial charge in [-0.25, -0.2) is 0 Å². The van der Waals surface area contributed by atoms with Crippen LogP contribution in [0.3, 0.4) is 0 Å². The molecule has 1 unspecified atom stereocenters. The van der Waals surface area contributed by atoms with Crippen LogP contribution in [0.2, 0.25) is 0 Å². The first kappa shape index (κ1) is 14.4. The maximum absolute atomic E-state index is 12.9. The van der Waals surface area contributed by atoms with Gasteiger partial charge in [0.25, 0.3) is 0 Å². The van der Waals surface area contributed by atoms with Crippen molar-refractivity contribution < 1.29 is 9.59 Å². The minimum Gasteiger partial charge on any atom is -0.340 e. The minimum absolute atomic E-state index is 0.00250. The summed E-state index contributed by atoms with van der Waals surface area (Å²) in [7, 11) is 0. The molecule has 1 heterocycles. The Hall–Kier alpha value is -1.06.